The van der Waals surface area contributed by atoms with Gasteiger partial charge in [0.2, 0.25) is 23.5 Å². The molecule has 8 heteroatoms. The Morgan fingerprint density at radius 3 is 2.66 bits per heavy atom. The van der Waals surface area contributed by atoms with Crippen molar-refractivity contribution in [1.29, 1.82) is 0 Å². The molecule has 5 rings (SSSR count). The molecule has 1 saturated heterocycles. The first-order chi connectivity index (χ1) is 17.1. The van der Waals surface area contributed by atoms with Gasteiger partial charge in [0.05, 0.1) is 19.4 Å². The van der Waals surface area contributed by atoms with Gasteiger partial charge in [-0.3, -0.25) is 9.59 Å². The number of rotatable bonds is 7. The van der Waals surface area contributed by atoms with Gasteiger partial charge >= 0.3 is 0 Å². The minimum absolute atomic E-state index is 0.106. The van der Waals surface area contributed by atoms with Crippen LogP contribution in [-0.2, 0) is 16.0 Å². The van der Waals surface area contributed by atoms with Gasteiger partial charge in [0.25, 0.3) is 0 Å². The third kappa shape index (κ3) is 5.21. The van der Waals surface area contributed by atoms with Gasteiger partial charge in [-0.25, -0.2) is 0 Å². The van der Waals surface area contributed by atoms with E-state index in [1.807, 2.05) is 59.5 Å². The summed E-state index contributed by atoms with van der Waals surface area (Å²) < 4.78 is 10.9. The lowest BCUT2D eigenvalue weighted by Crippen LogP contribution is -2.38. The Labute approximate surface area is 204 Å². The number of carbonyl (C=O) groups is 2. The number of likely N-dealkylation sites (tertiary alicyclic amines) is 1. The monoisotopic (exact) mass is 474 g/mol. The lowest BCUT2D eigenvalue weighted by atomic mass is 10.0. The molecule has 0 radical (unpaired) electrons. The van der Waals surface area contributed by atoms with Crippen LogP contribution < -0.4 is 10.1 Å². The predicted octanol–water partition coefficient (Wildman–Crippen LogP) is 3.59. The van der Waals surface area contributed by atoms with E-state index in [1.54, 1.807) is 7.11 Å². The van der Waals surface area contributed by atoms with Crippen molar-refractivity contribution in [3.8, 4) is 17.1 Å². The molecule has 0 spiro atoms. The maximum Gasteiger partial charge on any atom is 0.232 e. The Kier molecular flexibility index (Phi) is 6.79. The van der Waals surface area contributed by atoms with Gasteiger partial charge in [-0.05, 0) is 43.4 Å². The SMILES string of the molecule is COc1cccc(CC(=O)N[C@H]2C[C@H](C(=O)N3CCCC3)C[C@H]2c2nc(-c3ccccc3)no2)c1. The molecule has 2 amide bonds. The normalized spacial score (nSPS) is 21.7. The van der Waals surface area contributed by atoms with E-state index in [0.29, 0.717) is 30.3 Å². The fraction of sp³-hybridized carbons (Fsp3) is 0.407. The van der Waals surface area contributed by atoms with Crippen molar-refractivity contribution in [2.75, 3.05) is 20.2 Å². The van der Waals surface area contributed by atoms with Crippen LogP contribution in [0.4, 0.5) is 0 Å². The lowest BCUT2D eigenvalue weighted by molar-refractivity contribution is -0.134. The maximum absolute atomic E-state index is 13.2. The van der Waals surface area contributed by atoms with E-state index in [2.05, 4.69) is 15.5 Å². The van der Waals surface area contributed by atoms with Gasteiger partial charge in [0, 0.05) is 30.6 Å². The van der Waals surface area contributed by atoms with Crippen LogP contribution >= 0.6 is 0 Å². The maximum atomic E-state index is 13.2. The molecule has 2 fully saturated rings. The highest BCUT2D eigenvalue weighted by Gasteiger charge is 2.43. The molecule has 3 atom stereocenters. The Balaban J connectivity index is 1.34. The molecule has 2 heterocycles. The molecule has 0 unspecified atom stereocenters. The van der Waals surface area contributed by atoms with Crippen LogP contribution in [0.5, 0.6) is 5.75 Å². The fourth-order valence-corrected chi connectivity index (χ4v) is 5.18. The van der Waals surface area contributed by atoms with Crippen molar-refractivity contribution in [3.05, 3.63) is 66.1 Å². The molecule has 8 nitrogen and oxygen atoms in total. The summed E-state index contributed by atoms with van der Waals surface area (Å²) in [4.78, 5) is 32.8. The first-order valence-corrected chi connectivity index (χ1v) is 12.2. The molecular formula is C27H30N4O4. The zero-order valence-electron chi connectivity index (χ0n) is 19.9. The molecule has 182 valence electrons. The zero-order chi connectivity index (χ0) is 24.2. The number of aromatic nitrogens is 2. The van der Waals surface area contributed by atoms with E-state index in [4.69, 9.17) is 9.26 Å². The highest BCUT2D eigenvalue weighted by molar-refractivity contribution is 5.81. The summed E-state index contributed by atoms with van der Waals surface area (Å²) in [5.41, 5.74) is 1.73. The van der Waals surface area contributed by atoms with E-state index in [-0.39, 0.29) is 36.1 Å². The number of ether oxygens (including phenoxy) is 1. The summed E-state index contributed by atoms with van der Waals surface area (Å²) >= 11 is 0. The second-order valence-corrected chi connectivity index (χ2v) is 9.33. The molecule has 2 aliphatic rings. The van der Waals surface area contributed by atoms with E-state index in [1.165, 1.54) is 0 Å². The van der Waals surface area contributed by atoms with E-state index >= 15 is 0 Å². The third-order valence-electron chi connectivity index (χ3n) is 6.97. The van der Waals surface area contributed by atoms with Crippen LogP contribution in [0, 0.1) is 5.92 Å². The summed E-state index contributed by atoms with van der Waals surface area (Å²) in [7, 11) is 1.61. The van der Waals surface area contributed by atoms with Gasteiger partial charge in [0.1, 0.15) is 5.75 Å². The number of nitrogens with zero attached hydrogens (tertiary/aromatic N) is 3. The minimum Gasteiger partial charge on any atom is -0.497 e. The molecule has 3 aromatic rings. The molecule has 0 bridgehead atoms. The zero-order valence-corrected chi connectivity index (χ0v) is 19.9. The van der Waals surface area contributed by atoms with Gasteiger partial charge in [0.15, 0.2) is 0 Å². The molecule has 2 aromatic carbocycles. The predicted molar refractivity (Wildman–Crippen MR) is 130 cm³/mol. The minimum atomic E-state index is -0.256. The first-order valence-electron chi connectivity index (χ1n) is 12.2. The van der Waals surface area contributed by atoms with Gasteiger partial charge < -0.3 is 19.5 Å². The number of nitrogens with one attached hydrogen (secondary N) is 1. The summed E-state index contributed by atoms with van der Waals surface area (Å²) in [6.07, 6.45) is 3.46. The number of hydrogen-bond donors (Lipinski definition) is 1. The van der Waals surface area contributed by atoms with Crippen LogP contribution in [-0.4, -0.2) is 53.1 Å². The average Bonchev–Trinajstić information content (AvgIpc) is 3.65. The summed E-state index contributed by atoms with van der Waals surface area (Å²) in [6.45, 7) is 1.62. The van der Waals surface area contributed by atoms with Crippen LogP contribution in [0.2, 0.25) is 0 Å². The Morgan fingerprint density at radius 1 is 1.09 bits per heavy atom. The van der Waals surface area contributed by atoms with Crippen molar-refractivity contribution >= 4 is 11.8 Å². The lowest BCUT2D eigenvalue weighted by Gasteiger charge is -2.20. The molecule has 1 aliphatic carbocycles. The van der Waals surface area contributed by atoms with Gasteiger partial charge in [-0.1, -0.05) is 47.6 Å². The van der Waals surface area contributed by atoms with E-state index in [9.17, 15) is 9.59 Å². The summed E-state index contributed by atoms with van der Waals surface area (Å²) in [5.74, 6) is 1.36. The average molecular weight is 475 g/mol. The molecular weight excluding hydrogens is 444 g/mol. The van der Waals surface area contributed by atoms with Gasteiger partial charge in [-0.15, -0.1) is 0 Å². The van der Waals surface area contributed by atoms with Crippen LogP contribution in [0.15, 0.2) is 59.1 Å². The van der Waals surface area contributed by atoms with Crippen molar-refractivity contribution < 1.29 is 18.8 Å². The number of methoxy groups -OCH3 is 1. The fourth-order valence-electron chi connectivity index (χ4n) is 5.18. The van der Waals surface area contributed by atoms with E-state index in [0.717, 1.165) is 37.1 Å². The molecule has 35 heavy (non-hydrogen) atoms. The summed E-state index contributed by atoms with van der Waals surface area (Å²) in [5, 5.41) is 7.33. The first kappa shape index (κ1) is 23.1. The summed E-state index contributed by atoms with van der Waals surface area (Å²) in [6, 6.07) is 16.9. The van der Waals surface area contributed by atoms with Crippen molar-refractivity contribution in [1.82, 2.24) is 20.4 Å². The van der Waals surface area contributed by atoms with Gasteiger partial charge in [-0.2, -0.15) is 4.98 Å². The molecule has 1 aliphatic heterocycles. The largest absolute Gasteiger partial charge is 0.497 e. The van der Waals surface area contributed by atoms with Crippen LogP contribution in [0.1, 0.15) is 43.1 Å². The second kappa shape index (κ2) is 10.3. The van der Waals surface area contributed by atoms with E-state index < -0.39 is 0 Å². The van der Waals surface area contributed by atoms with Crippen molar-refractivity contribution in [2.24, 2.45) is 5.92 Å². The Hall–Kier alpha value is -3.68. The Morgan fingerprint density at radius 2 is 1.89 bits per heavy atom. The Bertz CT molecular complexity index is 1170. The molecule has 1 N–H and O–H groups in total. The topological polar surface area (TPSA) is 97.6 Å². The highest BCUT2D eigenvalue weighted by atomic mass is 16.5. The highest BCUT2D eigenvalue weighted by Crippen LogP contribution is 2.40. The van der Waals surface area contributed by atoms with Crippen molar-refractivity contribution in [2.45, 2.75) is 44.1 Å². The second-order valence-electron chi connectivity index (χ2n) is 9.33. The number of carbonyl (C=O) groups excluding carboxylic acids is 2. The molecule has 1 saturated carbocycles. The molecule has 1 aromatic heterocycles. The quantitative estimate of drug-likeness (QED) is 0.562. The number of benzene rings is 2. The van der Waals surface area contributed by atoms with Crippen LogP contribution in [0.25, 0.3) is 11.4 Å². The number of hydrogen-bond acceptors (Lipinski definition) is 6. The van der Waals surface area contributed by atoms with Crippen molar-refractivity contribution in [3.63, 3.8) is 0 Å². The number of amides is 2. The smallest absolute Gasteiger partial charge is 0.232 e. The van der Waals surface area contributed by atoms with Crippen LogP contribution in [0.3, 0.4) is 0 Å². The standard InChI is InChI=1S/C27H30N4O4/c1-34-21-11-7-8-18(14-21)15-24(32)28-23-17-20(27(33)31-12-5-6-13-31)16-22(23)26-29-25(30-35-26)19-9-3-2-4-10-19/h2-4,7-11,14,20,22-23H,5-6,12-13,15-17H2,1H3,(H,28,32)/t20-,22-,23+/m1/s1. The third-order valence-corrected chi connectivity index (χ3v) is 6.97.